The SMILES string of the molecule is CC=CC(C)C1(CC)C(=O)NC(=S)NC1=O. The van der Waals surface area contributed by atoms with Gasteiger partial charge in [-0.1, -0.05) is 26.0 Å². The maximum atomic E-state index is 12.0. The molecule has 1 atom stereocenters. The van der Waals surface area contributed by atoms with Crippen LogP contribution in [0.1, 0.15) is 27.2 Å². The van der Waals surface area contributed by atoms with Gasteiger partial charge in [-0.2, -0.15) is 0 Å². The Balaban J connectivity index is 3.15. The van der Waals surface area contributed by atoms with Crippen LogP contribution in [0.4, 0.5) is 0 Å². The lowest BCUT2D eigenvalue weighted by Crippen LogP contribution is -2.64. The Morgan fingerprint density at radius 2 is 1.88 bits per heavy atom. The number of carbonyl (C=O) groups excluding carboxylic acids is 2. The first-order valence-electron chi connectivity index (χ1n) is 5.28. The molecule has 1 rings (SSSR count). The Labute approximate surface area is 100 Å². The number of carbonyl (C=O) groups is 2. The molecule has 1 aliphatic rings. The van der Waals surface area contributed by atoms with Crippen molar-refractivity contribution < 1.29 is 9.59 Å². The van der Waals surface area contributed by atoms with Gasteiger partial charge in [-0.3, -0.25) is 9.59 Å². The smallest absolute Gasteiger partial charge is 0.242 e. The minimum Gasteiger partial charge on any atom is -0.302 e. The first-order valence-corrected chi connectivity index (χ1v) is 5.69. The van der Waals surface area contributed by atoms with Crippen molar-refractivity contribution >= 4 is 29.1 Å². The highest BCUT2D eigenvalue weighted by atomic mass is 32.1. The van der Waals surface area contributed by atoms with E-state index in [0.717, 1.165) is 0 Å². The number of amides is 2. The fourth-order valence-corrected chi connectivity index (χ4v) is 2.26. The number of allylic oxidation sites excluding steroid dienone is 2. The van der Waals surface area contributed by atoms with Crippen LogP contribution in [0.2, 0.25) is 0 Å². The monoisotopic (exact) mass is 240 g/mol. The van der Waals surface area contributed by atoms with Gasteiger partial charge in [-0.25, -0.2) is 0 Å². The predicted molar refractivity (Wildman–Crippen MR) is 65.6 cm³/mol. The summed E-state index contributed by atoms with van der Waals surface area (Å²) in [5.41, 5.74) is -1.05. The standard InChI is InChI=1S/C11H16N2O2S/c1-4-6-7(3)11(5-2)8(14)12-10(16)13-9(11)15/h4,6-7H,5H2,1-3H3,(H2,12,13,14,15,16). The molecule has 0 aromatic rings. The predicted octanol–water partition coefficient (Wildman–Crippen LogP) is 1.13. The van der Waals surface area contributed by atoms with Gasteiger partial charge in [0.1, 0.15) is 5.41 Å². The Hall–Kier alpha value is -1.23. The van der Waals surface area contributed by atoms with E-state index in [0.29, 0.717) is 6.42 Å². The van der Waals surface area contributed by atoms with Gasteiger partial charge in [0, 0.05) is 0 Å². The fourth-order valence-electron chi connectivity index (χ4n) is 2.07. The molecule has 1 aliphatic heterocycles. The molecular weight excluding hydrogens is 224 g/mol. The summed E-state index contributed by atoms with van der Waals surface area (Å²) in [6.45, 7) is 5.55. The number of thiocarbonyl (C=S) groups is 1. The molecule has 0 aromatic carbocycles. The maximum Gasteiger partial charge on any atom is 0.242 e. The Morgan fingerprint density at radius 1 is 1.38 bits per heavy atom. The molecular formula is C11H16N2O2S. The Morgan fingerprint density at radius 3 is 2.25 bits per heavy atom. The zero-order valence-corrected chi connectivity index (χ0v) is 10.5. The highest BCUT2D eigenvalue weighted by Gasteiger charge is 2.50. The van der Waals surface area contributed by atoms with Crippen LogP contribution in [-0.4, -0.2) is 16.9 Å². The fraction of sp³-hybridized carbons (Fsp3) is 0.545. The molecule has 0 saturated carbocycles. The third kappa shape index (κ3) is 1.87. The van der Waals surface area contributed by atoms with Crippen molar-refractivity contribution in [2.24, 2.45) is 11.3 Å². The van der Waals surface area contributed by atoms with Crippen molar-refractivity contribution in [1.29, 1.82) is 0 Å². The molecule has 16 heavy (non-hydrogen) atoms. The summed E-state index contributed by atoms with van der Waals surface area (Å²) in [7, 11) is 0. The van der Waals surface area contributed by atoms with Crippen molar-refractivity contribution in [3.8, 4) is 0 Å². The molecule has 0 radical (unpaired) electrons. The summed E-state index contributed by atoms with van der Waals surface area (Å²) in [5.74, 6) is -0.783. The summed E-state index contributed by atoms with van der Waals surface area (Å²) >= 11 is 4.78. The van der Waals surface area contributed by atoms with Crippen LogP contribution in [0.3, 0.4) is 0 Å². The van der Waals surface area contributed by atoms with E-state index in [1.54, 1.807) is 0 Å². The molecule has 88 valence electrons. The van der Waals surface area contributed by atoms with Gasteiger partial charge in [0.05, 0.1) is 0 Å². The first-order chi connectivity index (χ1) is 7.48. The topological polar surface area (TPSA) is 58.2 Å². The molecule has 0 bridgehead atoms. The molecule has 0 spiro atoms. The van der Waals surface area contributed by atoms with Gasteiger partial charge in [0.2, 0.25) is 11.8 Å². The lowest BCUT2D eigenvalue weighted by molar-refractivity contribution is -0.146. The number of hydrogen-bond donors (Lipinski definition) is 2. The van der Waals surface area contributed by atoms with Crippen molar-refractivity contribution in [1.82, 2.24) is 10.6 Å². The Bertz CT molecular complexity index is 343. The van der Waals surface area contributed by atoms with Crippen LogP contribution in [0.5, 0.6) is 0 Å². The molecule has 1 fully saturated rings. The van der Waals surface area contributed by atoms with E-state index >= 15 is 0 Å². The summed E-state index contributed by atoms with van der Waals surface area (Å²) < 4.78 is 0. The molecule has 1 heterocycles. The average molecular weight is 240 g/mol. The van der Waals surface area contributed by atoms with Crippen LogP contribution < -0.4 is 10.6 Å². The van der Waals surface area contributed by atoms with Gasteiger partial charge < -0.3 is 10.6 Å². The second-order valence-corrected chi connectivity index (χ2v) is 4.28. The summed E-state index contributed by atoms with van der Waals surface area (Å²) in [6, 6.07) is 0. The highest BCUT2D eigenvalue weighted by molar-refractivity contribution is 7.80. The third-order valence-corrected chi connectivity index (χ3v) is 3.28. The molecule has 4 nitrogen and oxygen atoms in total. The molecule has 2 N–H and O–H groups in total. The lowest BCUT2D eigenvalue weighted by Gasteiger charge is -2.37. The van der Waals surface area contributed by atoms with E-state index in [4.69, 9.17) is 12.2 Å². The second kappa shape index (κ2) is 4.74. The molecule has 1 unspecified atom stereocenters. The zero-order valence-electron chi connectivity index (χ0n) is 9.66. The normalized spacial score (nSPS) is 21.8. The van der Waals surface area contributed by atoms with Crippen molar-refractivity contribution in [3.63, 3.8) is 0 Å². The summed E-state index contributed by atoms with van der Waals surface area (Å²) in [5, 5.41) is 5.12. The average Bonchev–Trinajstić information content (AvgIpc) is 2.18. The summed E-state index contributed by atoms with van der Waals surface area (Å²) in [6.07, 6.45) is 4.14. The number of hydrogen-bond acceptors (Lipinski definition) is 3. The zero-order chi connectivity index (χ0) is 12.3. The molecule has 1 saturated heterocycles. The van der Waals surface area contributed by atoms with Crippen molar-refractivity contribution in [2.75, 3.05) is 0 Å². The highest BCUT2D eigenvalue weighted by Crippen LogP contribution is 2.34. The van der Waals surface area contributed by atoms with Gasteiger partial charge in [-0.05, 0) is 31.5 Å². The van der Waals surface area contributed by atoms with Crippen LogP contribution >= 0.6 is 12.2 Å². The maximum absolute atomic E-state index is 12.0. The minimum atomic E-state index is -1.05. The van der Waals surface area contributed by atoms with E-state index in [9.17, 15) is 9.59 Å². The van der Waals surface area contributed by atoms with Crippen LogP contribution in [0.25, 0.3) is 0 Å². The van der Waals surface area contributed by atoms with Crippen LogP contribution in [-0.2, 0) is 9.59 Å². The Kier molecular flexibility index (Phi) is 3.80. The molecule has 0 aliphatic carbocycles. The summed E-state index contributed by atoms with van der Waals surface area (Å²) in [4.78, 5) is 24.0. The van der Waals surface area contributed by atoms with Gasteiger partial charge >= 0.3 is 0 Å². The minimum absolute atomic E-state index is 0.0896. The molecule has 2 amide bonds. The molecule has 0 aromatic heterocycles. The third-order valence-electron chi connectivity index (χ3n) is 3.08. The van der Waals surface area contributed by atoms with E-state index in [1.807, 2.05) is 32.9 Å². The van der Waals surface area contributed by atoms with Gasteiger partial charge in [0.25, 0.3) is 0 Å². The lowest BCUT2D eigenvalue weighted by atomic mass is 9.71. The van der Waals surface area contributed by atoms with Crippen molar-refractivity contribution in [2.45, 2.75) is 27.2 Å². The van der Waals surface area contributed by atoms with E-state index in [1.165, 1.54) is 0 Å². The largest absolute Gasteiger partial charge is 0.302 e. The van der Waals surface area contributed by atoms with Crippen LogP contribution in [0, 0.1) is 11.3 Å². The first kappa shape index (κ1) is 12.8. The van der Waals surface area contributed by atoms with E-state index < -0.39 is 5.41 Å². The van der Waals surface area contributed by atoms with E-state index in [-0.39, 0.29) is 22.8 Å². The van der Waals surface area contributed by atoms with Gasteiger partial charge in [-0.15, -0.1) is 0 Å². The number of rotatable bonds is 3. The quantitative estimate of drug-likeness (QED) is 0.441. The van der Waals surface area contributed by atoms with Gasteiger partial charge in [0.15, 0.2) is 5.11 Å². The van der Waals surface area contributed by atoms with Crippen molar-refractivity contribution in [3.05, 3.63) is 12.2 Å². The second-order valence-electron chi connectivity index (χ2n) is 3.88. The number of nitrogens with one attached hydrogen (secondary N) is 2. The van der Waals surface area contributed by atoms with Crippen LogP contribution in [0.15, 0.2) is 12.2 Å². The van der Waals surface area contributed by atoms with E-state index in [2.05, 4.69) is 10.6 Å². The molecule has 5 heteroatoms.